The van der Waals surface area contributed by atoms with E-state index in [2.05, 4.69) is 27.6 Å². The second kappa shape index (κ2) is 5.27. The van der Waals surface area contributed by atoms with Crippen LogP contribution in [0.5, 0.6) is 0 Å². The summed E-state index contributed by atoms with van der Waals surface area (Å²) < 4.78 is 0. The lowest BCUT2D eigenvalue weighted by atomic mass is 10.1. The van der Waals surface area contributed by atoms with Crippen LogP contribution in [0.4, 0.5) is 5.13 Å². The van der Waals surface area contributed by atoms with E-state index in [0.717, 1.165) is 22.2 Å². The number of benzene rings is 1. The van der Waals surface area contributed by atoms with Crippen LogP contribution in [0.1, 0.15) is 16.1 Å². The van der Waals surface area contributed by atoms with Gasteiger partial charge < -0.3 is 5.32 Å². The quantitative estimate of drug-likeness (QED) is 0.851. The minimum absolute atomic E-state index is 0.547. The Morgan fingerprint density at radius 1 is 1.31 bits per heavy atom. The molecular formula is C11H12ClN3S. The molecule has 16 heavy (non-hydrogen) atoms. The van der Waals surface area contributed by atoms with Gasteiger partial charge in [-0.15, -0.1) is 21.8 Å². The molecule has 0 fully saturated rings. The second-order valence-corrected chi connectivity index (χ2v) is 4.88. The maximum Gasteiger partial charge on any atom is 0.205 e. The van der Waals surface area contributed by atoms with E-state index in [0.29, 0.717) is 5.88 Å². The van der Waals surface area contributed by atoms with Crippen LogP contribution in [0.2, 0.25) is 0 Å². The second-order valence-electron chi connectivity index (χ2n) is 3.43. The summed E-state index contributed by atoms with van der Waals surface area (Å²) >= 11 is 7.34. The molecule has 0 spiro atoms. The van der Waals surface area contributed by atoms with E-state index in [1.165, 1.54) is 5.56 Å². The summed E-state index contributed by atoms with van der Waals surface area (Å²) in [7, 11) is 0. The molecule has 0 saturated heterocycles. The van der Waals surface area contributed by atoms with Crippen molar-refractivity contribution >= 4 is 28.1 Å². The van der Waals surface area contributed by atoms with Crippen molar-refractivity contribution in [2.45, 2.75) is 19.3 Å². The number of alkyl halides is 1. The third-order valence-electron chi connectivity index (χ3n) is 2.12. The van der Waals surface area contributed by atoms with Gasteiger partial charge in [-0.2, -0.15) is 0 Å². The van der Waals surface area contributed by atoms with Gasteiger partial charge in [0.15, 0.2) is 0 Å². The third-order valence-corrected chi connectivity index (χ3v) is 3.22. The van der Waals surface area contributed by atoms with Crippen molar-refractivity contribution in [3.05, 3.63) is 40.4 Å². The Kier molecular flexibility index (Phi) is 3.74. The van der Waals surface area contributed by atoms with Crippen LogP contribution in [-0.4, -0.2) is 10.2 Å². The van der Waals surface area contributed by atoms with E-state index in [4.69, 9.17) is 11.6 Å². The summed E-state index contributed by atoms with van der Waals surface area (Å²) in [6.07, 6.45) is 0. The Hall–Kier alpha value is -1.13. The number of aryl methyl sites for hydroxylation is 1. The van der Waals surface area contributed by atoms with Crippen LogP contribution < -0.4 is 5.32 Å². The van der Waals surface area contributed by atoms with Crippen molar-refractivity contribution in [1.82, 2.24) is 10.2 Å². The zero-order chi connectivity index (χ0) is 11.4. The van der Waals surface area contributed by atoms with Crippen LogP contribution in [0.3, 0.4) is 0 Å². The minimum atomic E-state index is 0.547. The monoisotopic (exact) mass is 253 g/mol. The fourth-order valence-corrected chi connectivity index (χ4v) is 2.12. The highest BCUT2D eigenvalue weighted by Crippen LogP contribution is 2.15. The number of halogens is 1. The molecule has 2 aromatic rings. The number of nitrogens with one attached hydrogen (secondary N) is 1. The molecule has 0 aliphatic rings. The van der Waals surface area contributed by atoms with Crippen molar-refractivity contribution in [3.8, 4) is 0 Å². The smallest absolute Gasteiger partial charge is 0.205 e. The molecule has 0 unspecified atom stereocenters. The van der Waals surface area contributed by atoms with Crippen molar-refractivity contribution in [2.75, 3.05) is 5.32 Å². The summed E-state index contributed by atoms with van der Waals surface area (Å²) in [5.74, 6) is 0.547. The Balaban J connectivity index is 1.99. The van der Waals surface area contributed by atoms with E-state index in [-0.39, 0.29) is 0 Å². The summed E-state index contributed by atoms with van der Waals surface area (Å²) in [6, 6.07) is 8.19. The van der Waals surface area contributed by atoms with Gasteiger partial charge in [-0.05, 0) is 18.1 Å². The first-order valence-corrected chi connectivity index (χ1v) is 6.31. The SMILES string of the molecule is Cc1nnc(NCc2cccc(CCl)c2)s1. The maximum absolute atomic E-state index is 5.78. The molecule has 3 nitrogen and oxygen atoms in total. The Bertz CT molecular complexity index is 470. The van der Waals surface area contributed by atoms with Crippen molar-refractivity contribution in [3.63, 3.8) is 0 Å². The average molecular weight is 254 g/mol. The molecule has 0 atom stereocenters. The molecule has 84 valence electrons. The molecule has 0 aliphatic heterocycles. The van der Waals surface area contributed by atoms with Crippen LogP contribution in [-0.2, 0) is 12.4 Å². The Morgan fingerprint density at radius 2 is 2.12 bits per heavy atom. The van der Waals surface area contributed by atoms with E-state index < -0.39 is 0 Å². The maximum atomic E-state index is 5.78. The van der Waals surface area contributed by atoms with E-state index in [1.807, 2.05) is 19.1 Å². The molecule has 0 bridgehead atoms. The van der Waals surface area contributed by atoms with Gasteiger partial charge in [0.25, 0.3) is 0 Å². The van der Waals surface area contributed by atoms with Crippen LogP contribution in [0, 0.1) is 6.92 Å². The number of aromatic nitrogens is 2. The lowest BCUT2D eigenvalue weighted by Gasteiger charge is -2.03. The summed E-state index contributed by atoms with van der Waals surface area (Å²) in [6.45, 7) is 2.69. The Labute approximate surface area is 103 Å². The standard InChI is InChI=1S/C11H12ClN3S/c1-8-14-15-11(16-8)13-7-10-4-2-3-9(5-10)6-12/h2-5H,6-7H2,1H3,(H,13,15). The topological polar surface area (TPSA) is 37.8 Å². The van der Waals surface area contributed by atoms with Gasteiger partial charge >= 0.3 is 0 Å². The summed E-state index contributed by atoms with van der Waals surface area (Å²) in [5, 5.41) is 13.0. The Morgan fingerprint density at radius 3 is 2.81 bits per heavy atom. The molecule has 5 heteroatoms. The van der Waals surface area contributed by atoms with Gasteiger partial charge in [0.05, 0.1) is 0 Å². The van der Waals surface area contributed by atoms with Gasteiger partial charge in [0.1, 0.15) is 5.01 Å². The molecule has 0 saturated carbocycles. The molecule has 0 aliphatic carbocycles. The predicted molar refractivity (Wildman–Crippen MR) is 68.0 cm³/mol. The lowest BCUT2D eigenvalue weighted by molar-refractivity contribution is 1.02. The van der Waals surface area contributed by atoms with Crippen molar-refractivity contribution < 1.29 is 0 Å². The molecule has 1 heterocycles. The highest BCUT2D eigenvalue weighted by atomic mass is 35.5. The first kappa shape index (κ1) is 11.4. The number of anilines is 1. The first-order chi connectivity index (χ1) is 7.78. The number of rotatable bonds is 4. The van der Waals surface area contributed by atoms with Crippen molar-refractivity contribution in [2.24, 2.45) is 0 Å². The molecule has 2 rings (SSSR count). The molecule has 0 amide bonds. The lowest BCUT2D eigenvalue weighted by Crippen LogP contribution is -1.99. The minimum Gasteiger partial charge on any atom is -0.356 e. The van der Waals surface area contributed by atoms with Crippen LogP contribution in [0.25, 0.3) is 0 Å². The average Bonchev–Trinajstić information content (AvgIpc) is 2.73. The van der Waals surface area contributed by atoms with Gasteiger partial charge in [-0.1, -0.05) is 35.6 Å². The van der Waals surface area contributed by atoms with Gasteiger partial charge in [0, 0.05) is 12.4 Å². The molecule has 1 N–H and O–H groups in total. The van der Waals surface area contributed by atoms with E-state index in [9.17, 15) is 0 Å². The highest BCUT2D eigenvalue weighted by molar-refractivity contribution is 7.15. The highest BCUT2D eigenvalue weighted by Gasteiger charge is 2.00. The van der Waals surface area contributed by atoms with Crippen molar-refractivity contribution in [1.29, 1.82) is 0 Å². The molecular weight excluding hydrogens is 242 g/mol. The predicted octanol–water partition coefficient (Wildman–Crippen LogP) is 3.20. The third kappa shape index (κ3) is 2.93. The van der Waals surface area contributed by atoms with Gasteiger partial charge in [-0.3, -0.25) is 0 Å². The normalized spacial score (nSPS) is 10.4. The molecule has 1 aromatic carbocycles. The van der Waals surface area contributed by atoms with Crippen LogP contribution >= 0.6 is 22.9 Å². The summed E-state index contributed by atoms with van der Waals surface area (Å²) in [5.41, 5.74) is 2.33. The number of nitrogens with zero attached hydrogens (tertiary/aromatic N) is 2. The number of hydrogen-bond acceptors (Lipinski definition) is 4. The first-order valence-electron chi connectivity index (χ1n) is 4.95. The van der Waals surface area contributed by atoms with Crippen LogP contribution in [0.15, 0.2) is 24.3 Å². The van der Waals surface area contributed by atoms with Gasteiger partial charge in [-0.25, -0.2) is 0 Å². The molecule has 0 radical (unpaired) electrons. The summed E-state index contributed by atoms with van der Waals surface area (Å²) in [4.78, 5) is 0. The largest absolute Gasteiger partial charge is 0.356 e. The molecule has 1 aromatic heterocycles. The van der Waals surface area contributed by atoms with E-state index >= 15 is 0 Å². The fraction of sp³-hybridized carbons (Fsp3) is 0.273. The fourth-order valence-electron chi connectivity index (χ4n) is 1.37. The zero-order valence-corrected chi connectivity index (χ0v) is 10.5. The van der Waals surface area contributed by atoms with Gasteiger partial charge in [0.2, 0.25) is 5.13 Å². The zero-order valence-electron chi connectivity index (χ0n) is 8.90. The number of hydrogen-bond donors (Lipinski definition) is 1. The van der Waals surface area contributed by atoms with E-state index in [1.54, 1.807) is 11.3 Å².